The minimum Gasteiger partial charge on any atom is -0.378 e. The number of nitrogens with zero attached hydrogens (tertiary/aromatic N) is 2. The lowest BCUT2D eigenvalue weighted by Gasteiger charge is -2.43. The zero-order chi connectivity index (χ0) is 22.0. The maximum Gasteiger partial charge on any atom is 0.222 e. The van der Waals surface area contributed by atoms with Gasteiger partial charge in [0.05, 0.1) is 13.2 Å². The van der Waals surface area contributed by atoms with Crippen molar-refractivity contribution in [3.63, 3.8) is 0 Å². The van der Waals surface area contributed by atoms with Crippen LogP contribution in [0.2, 0.25) is 0 Å². The molecule has 1 N–H and O–H groups in total. The predicted molar refractivity (Wildman–Crippen MR) is 124 cm³/mol. The smallest absolute Gasteiger partial charge is 0.222 e. The molecule has 1 aliphatic carbocycles. The van der Waals surface area contributed by atoms with E-state index in [0.29, 0.717) is 32.0 Å². The minimum atomic E-state index is 0.256. The number of H-pyrrole nitrogens is 1. The van der Waals surface area contributed by atoms with Crippen LogP contribution in [-0.2, 0) is 20.7 Å². The number of aryl methyl sites for hydroxylation is 1. The van der Waals surface area contributed by atoms with Crippen molar-refractivity contribution in [1.29, 1.82) is 0 Å². The number of likely N-dealkylation sites (tertiary alicyclic amines) is 1. The Kier molecular flexibility index (Phi) is 6.22. The van der Waals surface area contributed by atoms with E-state index >= 15 is 0 Å². The third kappa shape index (κ3) is 4.29. The van der Waals surface area contributed by atoms with Gasteiger partial charge in [-0.1, -0.05) is 24.6 Å². The second kappa shape index (κ2) is 9.26. The highest BCUT2D eigenvalue weighted by Crippen LogP contribution is 2.53. The van der Waals surface area contributed by atoms with E-state index < -0.39 is 0 Å². The van der Waals surface area contributed by atoms with E-state index in [1.54, 1.807) is 0 Å². The van der Waals surface area contributed by atoms with Crippen LogP contribution in [0.4, 0.5) is 0 Å². The maximum absolute atomic E-state index is 13.0. The summed E-state index contributed by atoms with van der Waals surface area (Å²) in [4.78, 5) is 33.0. The number of aromatic nitrogens is 1. The standard InChI is InChI=1S/C26H35N3O3/c30-24(8-3-5-20-17-27-23-7-2-1-6-22(20)23)29-18-21(26(19-29)11-4-12-26)9-10-25(31)28-13-15-32-16-14-28/h1-2,6-7,17,21,27H,3-5,8-16,18-19H2. The van der Waals surface area contributed by atoms with Crippen molar-refractivity contribution in [2.45, 2.75) is 51.4 Å². The number of rotatable bonds is 7. The first-order valence-corrected chi connectivity index (χ1v) is 12.3. The number of nitrogens with one attached hydrogen (secondary N) is 1. The molecule has 6 nitrogen and oxygen atoms in total. The molecule has 3 fully saturated rings. The van der Waals surface area contributed by atoms with Gasteiger partial charge in [0.1, 0.15) is 0 Å². The molecule has 6 heteroatoms. The van der Waals surface area contributed by atoms with Crippen molar-refractivity contribution in [3.8, 4) is 0 Å². The summed E-state index contributed by atoms with van der Waals surface area (Å²) >= 11 is 0. The molecule has 2 amide bonds. The number of fused-ring (bicyclic) bond motifs is 1. The highest BCUT2D eigenvalue weighted by Gasteiger charge is 2.50. The normalized spacial score (nSPS) is 22.4. The molecule has 0 bridgehead atoms. The van der Waals surface area contributed by atoms with Crippen molar-refractivity contribution in [2.24, 2.45) is 11.3 Å². The third-order valence-electron chi connectivity index (χ3n) is 8.10. The summed E-state index contributed by atoms with van der Waals surface area (Å²) in [5.74, 6) is 1.02. The number of hydrogen-bond acceptors (Lipinski definition) is 3. The van der Waals surface area contributed by atoms with Crippen molar-refractivity contribution in [2.75, 3.05) is 39.4 Å². The van der Waals surface area contributed by atoms with Crippen LogP contribution >= 0.6 is 0 Å². The van der Waals surface area contributed by atoms with E-state index in [-0.39, 0.29) is 17.2 Å². The second-order valence-electron chi connectivity index (χ2n) is 9.93. The number of amides is 2. The molecule has 0 radical (unpaired) electrons. The highest BCUT2D eigenvalue weighted by molar-refractivity contribution is 5.83. The summed E-state index contributed by atoms with van der Waals surface area (Å²) in [6.45, 7) is 4.48. The van der Waals surface area contributed by atoms with Crippen molar-refractivity contribution < 1.29 is 14.3 Å². The molecule has 172 valence electrons. The Morgan fingerprint density at radius 2 is 1.84 bits per heavy atom. The van der Waals surface area contributed by atoms with Crippen molar-refractivity contribution >= 4 is 22.7 Å². The largest absolute Gasteiger partial charge is 0.378 e. The first kappa shape index (κ1) is 21.5. The first-order chi connectivity index (χ1) is 15.6. The van der Waals surface area contributed by atoms with Gasteiger partial charge >= 0.3 is 0 Å². The van der Waals surface area contributed by atoms with Gasteiger partial charge in [-0.25, -0.2) is 0 Å². The highest BCUT2D eigenvalue weighted by atomic mass is 16.5. The van der Waals surface area contributed by atoms with Gasteiger partial charge in [-0.2, -0.15) is 0 Å². The zero-order valence-electron chi connectivity index (χ0n) is 19.0. The molecule has 32 heavy (non-hydrogen) atoms. The monoisotopic (exact) mass is 437 g/mol. The summed E-state index contributed by atoms with van der Waals surface area (Å²) in [5, 5.41) is 1.26. The average molecular weight is 438 g/mol. The fraction of sp³-hybridized carbons (Fsp3) is 0.615. The number of hydrogen-bond donors (Lipinski definition) is 1. The quantitative estimate of drug-likeness (QED) is 0.717. The Bertz CT molecular complexity index is 958. The van der Waals surface area contributed by atoms with Crippen LogP contribution in [0, 0.1) is 11.3 Å². The second-order valence-corrected chi connectivity index (χ2v) is 9.93. The van der Waals surface area contributed by atoms with Gasteiger partial charge in [0.25, 0.3) is 0 Å². The molecule has 1 spiro atoms. The third-order valence-corrected chi connectivity index (χ3v) is 8.10. The van der Waals surface area contributed by atoms with Crippen molar-refractivity contribution in [3.05, 3.63) is 36.0 Å². The molecular weight excluding hydrogens is 402 g/mol. The van der Waals surface area contributed by atoms with E-state index in [1.165, 1.54) is 30.2 Å². The van der Waals surface area contributed by atoms with E-state index in [0.717, 1.165) is 51.0 Å². The Morgan fingerprint density at radius 3 is 2.62 bits per heavy atom. The molecule has 2 aromatic rings. The van der Waals surface area contributed by atoms with Gasteiger partial charge in [-0.15, -0.1) is 0 Å². The van der Waals surface area contributed by atoms with Crippen LogP contribution in [0.5, 0.6) is 0 Å². The van der Waals surface area contributed by atoms with Gasteiger partial charge in [0, 0.05) is 56.1 Å². The van der Waals surface area contributed by atoms with Gasteiger partial charge in [-0.05, 0) is 55.1 Å². The van der Waals surface area contributed by atoms with E-state index in [9.17, 15) is 9.59 Å². The molecule has 1 unspecified atom stereocenters. The lowest BCUT2D eigenvalue weighted by atomic mass is 9.62. The van der Waals surface area contributed by atoms with Crippen LogP contribution in [0.1, 0.15) is 50.5 Å². The summed E-state index contributed by atoms with van der Waals surface area (Å²) < 4.78 is 5.36. The topological polar surface area (TPSA) is 65.6 Å². The SMILES string of the molecule is O=C(CCC1CN(C(=O)CCCc2c[nH]c3ccccc23)CC12CCC2)N1CCOCC1. The fourth-order valence-electron chi connectivity index (χ4n) is 6.01. The molecule has 1 aromatic carbocycles. The Hall–Kier alpha value is -2.34. The minimum absolute atomic E-state index is 0.256. The molecule has 1 saturated carbocycles. The van der Waals surface area contributed by atoms with E-state index in [1.807, 2.05) is 11.0 Å². The molecule has 1 aromatic heterocycles. The molecule has 3 aliphatic rings. The number of aromatic amines is 1. The molecular formula is C26H35N3O3. The Morgan fingerprint density at radius 1 is 1.06 bits per heavy atom. The number of carbonyl (C=O) groups excluding carboxylic acids is 2. The van der Waals surface area contributed by atoms with Crippen molar-refractivity contribution in [1.82, 2.24) is 14.8 Å². The number of benzene rings is 1. The fourth-order valence-corrected chi connectivity index (χ4v) is 6.01. The van der Waals surface area contributed by atoms with Gasteiger partial charge in [0.2, 0.25) is 11.8 Å². The average Bonchev–Trinajstić information content (AvgIpc) is 3.40. The van der Waals surface area contributed by atoms with Crippen LogP contribution < -0.4 is 0 Å². The molecule has 2 aliphatic heterocycles. The summed E-state index contributed by atoms with van der Waals surface area (Å²) in [6, 6.07) is 8.35. The van der Waals surface area contributed by atoms with Gasteiger partial charge in [-0.3, -0.25) is 9.59 Å². The zero-order valence-corrected chi connectivity index (χ0v) is 19.0. The number of para-hydroxylation sites is 1. The summed E-state index contributed by atoms with van der Waals surface area (Å²) in [5.41, 5.74) is 2.73. The van der Waals surface area contributed by atoms with Gasteiger partial charge in [0.15, 0.2) is 0 Å². The summed E-state index contributed by atoms with van der Waals surface area (Å²) in [6.07, 6.45) is 9.69. The predicted octanol–water partition coefficient (Wildman–Crippen LogP) is 3.76. The lowest BCUT2D eigenvalue weighted by Crippen LogP contribution is -2.42. The van der Waals surface area contributed by atoms with Crippen LogP contribution in [0.25, 0.3) is 10.9 Å². The summed E-state index contributed by atoms with van der Waals surface area (Å²) in [7, 11) is 0. The lowest BCUT2D eigenvalue weighted by molar-refractivity contribution is -0.135. The number of carbonyl (C=O) groups is 2. The van der Waals surface area contributed by atoms with Gasteiger partial charge < -0.3 is 19.5 Å². The Balaban J connectivity index is 1.12. The molecule has 3 heterocycles. The molecule has 1 atom stereocenters. The molecule has 5 rings (SSSR count). The Labute approximate surface area is 190 Å². The maximum atomic E-state index is 13.0. The first-order valence-electron chi connectivity index (χ1n) is 12.3. The number of ether oxygens (including phenoxy) is 1. The van der Waals surface area contributed by atoms with Crippen LogP contribution in [0.3, 0.4) is 0 Å². The van der Waals surface area contributed by atoms with E-state index in [4.69, 9.17) is 4.74 Å². The number of morpholine rings is 1. The van der Waals surface area contributed by atoms with E-state index in [2.05, 4.69) is 34.3 Å². The van der Waals surface area contributed by atoms with Crippen LogP contribution in [0.15, 0.2) is 30.5 Å². The molecule has 2 saturated heterocycles. The van der Waals surface area contributed by atoms with Crippen LogP contribution in [-0.4, -0.2) is 66.0 Å².